The summed E-state index contributed by atoms with van der Waals surface area (Å²) >= 11 is 0. The maximum absolute atomic E-state index is 13.6. The summed E-state index contributed by atoms with van der Waals surface area (Å²) in [5, 5.41) is 69.2. The molecular weight excluding hydrogens is 921 g/mol. The Kier molecular flexibility index (Phi) is 23.4. The number of carbonyl (C=O) groups excluding carboxylic acids is 3. The summed E-state index contributed by atoms with van der Waals surface area (Å²) in [5.41, 5.74) is 0. The fourth-order valence-corrected chi connectivity index (χ4v) is 9.46. The molecule has 5 aliphatic heterocycles. The standard InChI is InChI=1S/C50H86O20/c1-10-13-19-22-31-23-20-17-15-14-16-18-21-24-32(51)65-41-34(53)28(7)61-50(69-42-35(54)33(52)27(6)60-48(42)64-31)44(41)70-49-43(67-46(59)26(5)12-3)38(57)40(30(9)63-49)68-47-37(56)36(55)39(29(8)62-47)66-45(58)25(4)11-2/h25-31,33-44,47-50,52-57H,10-24H2,1-9H3/t25-,26-,27-,28+,29+,30+,31-,33-,34-,35+,36+,37+,38-,39+,40+,41+,42-,43+,44+,47-,48+,49-,50-/m1/s1. The molecule has 0 aliphatic carbocycles. The van der Waals surface area contributed by atoms with Gasteiger partial charge in [0.1, 0.15) is 48.8 Å². The van der Waals surface area contributed by atoms with Crippen molar-refractivity contribution in [2.75, 3.05) is 0 Å². The zero-order valence-electron chi connectivity index (χ0n) is 42.8. The smallest absolute Gasteiger partial charge is 0.309 e. The minimum Gasteiger partial charge on any atom is -0.457 e. The summed E-state index contributed by atoms with van der Waals surface area (Å²) in [7, 11) is 0. The molecule has 406 valence electrons. The van der Waals surface area contributed by atoms with Crippen LogP contribution < -0.4 is 0 Å². The predicted molar refractivity (Wildman–Crippen MR) is 247 cm³/mol. The summed E-state index contributed by atoms with van der Waals surface area (Å²) < 4.78 is 68.3. The Morgan fingerprint density at radius 2 is 1.10 bits per heavy atom. The van der Waals surface area contributed by atoms with E-state index in [4.69, 9.17) is 52.1 Å². The van der Waals surface area contributed by atoms with Crippen LogP contribution in [0.3, 0.4) is 0 Å². The van der Waals surface area contributed by atoms with Gasteiger partial charge in [-0.15, -0.1) is 0 Å². The average Bonchev–Trinajstić information content (AvgIpc) is 3.33. The highest BCUT2D eigenvalue weighted by Crippen LogP contribution is 2.38. The van der Waals surface area contributed by atoms with Crippen molar-refractivity contribution in [3.05, 3.63) is 0 Å². The van der Waals surface area contributed by atoms with E-state index >= 15 is 0 Å². The first kappa shape index (κ1) is 58.7. The van der Waals surface area contributed by atoms with Crippen molar-refractivity contribution in [2.45, 2.75) is 288 Å². The zero-order chi connectivity index (χ0) is 51.4. The van der Waals surface area contributed by atoms with Gasteiger partial charge in [0.05, 0.1) is 42.4 Å². The Morgan fingerprint density at radius 1 is 0.543 bits per heavy atom. The minimum atomic E-state index is -1.78. The molecule has 0 radical (unpaired) electrons. The van der Waals surface area contributed by atoms with Crippen LogP contribution >= 0.6 is 0 Å². The third-order valence-electron chi connectivity index (χ3n) is 14.6. The number of aliphatic hydroxyl groups is 6. The van der Waals surface area contributed by atoms with Gasteiger partial charge < -0.3 is 82.7 Å². The van der Waals surface area contributed by atoms with Crippen molar-refractivity contribution in [3.63, 3.8) is 0 Å². The van der Waals surface area contributed by atoms with E-state index in [-0.39, 0.29) is 12.5 Å². The van der Waals surface area contributed by atoms with Crippen molar-refractivity contribution in [2.24, 2.45) is 11.8 Å². The largest absolute Gasteiger partial charge is 0.457 e. The number of aliphatic hydroxyl groups excluding tert-OH is 6. The van der Waals surface area contributed by atoms with Crippen LogP contribution in [-0.2, 0) is 66.5 Å². The van der Waals surface area contributed by atoms with Gasteiger partial charge in [0.2, 0.25) is 0 Å². The molecule has 5 rings (SSSR count). The quantitative estimate of drug-likeness (QED) is 0.0824. The highest BCUT2D eigenvalue weighted by Gasteiger charge is 2.57. The second kappa shape index (κ2) is 27.9. The minimum absolute atomic E-state index is 0.0264. The van der Waals surface area contributed by atoms with Gasteiger partial charge >= 0.3 is 17.9 Å². The van der Waals surface area contributed by atoms with Crippen LogP contribution in [0.2, 0.25) is 0 Å². The molecule has 70 heavy (non-hydrogen) atoms. The van der Waals surface area contributed by atoms with Crippen LogP contribution in [0.4, 0.5) is 0 Å². The average molecular weight is 1010 g/mol. The molecule has 0 amide bonds. The number of carbonyl (C=O) groups is 3. The Hall–Kier alpha value is -2.15. The Balaban J connectivity index is 1.49. The molecule has 0 unspecified atom stereocenters. The molecule has 0 aromatic carbocycles. The van der Waals surface area contributed by atoms with Gasteiger partial charge in [0, 0.05) is 6.42 Å². The molecule has 5 fully saturated rings. The van der Waals surface area contributed by atoms with Crippen LogP contribution in [0.1, 0.15) is 159 Å². The normalized spacial score (nSPS) is 42.7. The lowest BCUT2D eigenvalue weighted by Gasteiger charge is -2.50. The van der Waals surface area contributed by atoms with Gasteiger partial charge in [-0.1, -0.05) is 92.4 Å². The van der Waals surface area contributed by atoms with E-state index in [1.54, 1.807) is 27.7 Å². The zero-order valence-corrected chi connectivity index (χ0v) is 42.8. The van der Waals surface area contributed by atoms with Crippen molar-refractivity contribution in [1.29, 1.82) is 0 Å². The van der Waals surface area contributed by atoms with Crippen LogP contribution in [0.25, 0.3) is 0 Å². The van der Waals surface area contributed by atoms with E-state index < -0.39 is 153 Å². The van der Waals surface area contributed by atoms with Crippen LogP contribution in [0.5, 0.6) is 0 Å². The number of unbranched alkanes of at least 4 members (excludes halogenated alkanes) is 2. The highest BCUT2D eigenvalue weighted by atomic mass is 16.8. The molecule has 0 aromatic rings. The van der Waals surface area contributed by atoms with Crippen molar-refractivity contribution in [1.82, 2.24) is 0 Å². The van der Waals surface area contributed by atoms with E-state index in [2.05, 4.69) is 6.92 Å². The number of ether oxygens (including phenoxy) is 11. The van der Waals surface area contributed by atoms with E-state index in [1.165, 1.54) is 20.8 Å². The summed E-state index contributed by atoms with van der Waals surface area (Å²) in [5.74, 6) is -3.11. The molecule has 0 aromatic heterocycles. The first-order chi connectivity index (χ1) is 33.3. The molecule has 20 heteroatoms. The van der Waals surface area contributed by atoms with Crippen LogP contribution in [0.15, 0.2) is 0 Å². The monoisotopic (exact) mass is 1010 g/mol. The van der Waals surface area contributed by atoms with Gasteiger partial charge in [0.15, 0.2) is 49.6 Å². The summed E-state index contributed by atoms with van der Waals surface area (Å²) in [6, 6.07) is 0. The summed E-state index contributed by atoms with van der Waals surface area (Å²) in [6.45, 7) is 15.2. The van der Waals surface area contributed by atoms with Gasteiger partial charge in [-0.05, 0) is 59.8 Å². The second-order valence-electron chi connectivity index (χ2n) is 20.2. The van der Waals surface area contributed by atoms with Gasteiger partial charge in [-0.3, -0.25) is 14.4 Å². The maximum atomic E-state index is 13.6. The fraction of sp³-hybridized carbons (Fsp3) is 0.940. The molecule has 5 aliphatic rings. The van der Waals surface area contributed by atoms with Gasteiger partial charge in [-0.25, -0.2) is 0 Å². The Bertz CT molecular complexity index is 1590. The van der Waals surface area contributed by atoms with Crippen LogP contribution in [-0.4, -0.2) is 177 Å². The van der Waals surface area contributed by atoms with Crippen molar-refractivity contribution < 1.29 is 97.1 Å². The Labute approximate surface area is 413 Å². The van der Waals surface area contributed by atoms with Gasteiger partial charge in [-0.2, -0.15) is 0 Å². The second-order valence-corrected chi connectivity index (χ2v) is 20.2. The number of hydrogen-bond donors (Lipinski definition) is 6. The molecule has 0 spiro atoms. The summed E-state index contributed by atoms with van der Waals surface area (Å²) in [6.07, 6.45) is -17.8. The van der Waals surface area contributed by atoms with E-state index in [1.807, 2.05) is 6.92 Å². The predicted octanol–water partition coefficient (Wildman–Crippen LogP) is 3.60. The Morgan fingerprint density at radius 3 is 1.74 bits per heavy atom. The van der Waals surface area contributed by atoms with E-state index in [9.17, 15) is 45.0 Å². The third kappa shape index (κ3) is 15.2. The lowest BCUT2D eigenvalue weighted by Crippen LogP contribution is -2.67. The molecule has 5 heterocycles. The molecular formula is C50H86O20. The van der Waals surface area contributed by atoms with Crippen molar-refractivity contribution in [3.8, 4) is 0 Å². The molecule has 5 saturated heterocycles. The topological polar surface area (TPSA) is 274 Å². The van der Waals surface area contributed by atoms with E-state index in [0.29, 0.717) is 19.3 Å². The summed E-state index contributed by atoms with van der Waals surface area (Å²) in [4.78, 5) is 39.9. The highest BCUT2D eigenvalue weighted by molar-refractivity contribution is 5.72. The molecule has 6 N–H and O–H groups in total. The third-order valence-corrected chi connectivity index (χ3v) is 14.6. The lowest BCUT2D eigenvalue weighted by atomic mass is 9.96. The van der Waals surface area contributed by atoms with Crippen LogP contribution in [0, 0.1) is 11.8 Å². The fourth-order valence-electron chi connectivity index (χ4n) is 9.46. The first-order valence-corrected chi connectivity index (χ1v) is 26.2. The first-order valence-electron chi connectivity index (χ1n) is 26.2. The number of esters is 3. The lowest BCUT2D eigenvalue weighted by molar-refractivity contribution is -0.397. The van der Waals surface area contributed by atoms with Gasteiger partial charge in [0.25, 0.3) is 0 Å². The number of fused-ring (bicyclic) bond motifs is 3. The molecule has 0 saturated carbocycles. The number of rotatable bonds is 14. The maximum Gasteiger partial charge on any atom is 0.309 e. The van der Waals surface area contributed by atoms with E-state index in [0.717, 1.165) is 70.6 Å². The SMILES string of the molecule is CCCCC[C@@H]1CCCCCCCCCC(=O)O[C@H]2[C@H](O)[C@H](C)O[C@H](O[C@H]3[C@H](O1)O[C@H](C)[C@@H](O)[C@@H]3O)[C@H]2O[C@H]1O[C@@H](C)[C@H](O[C@H]2O[C@@H](C)[C@H](OC(=O)[C@H](C)CC)[C@@H](O)[C@@H]2O)[C@@H](O)[C@@H]1OC(=O)[C@H](C)CC. The molecule has 23 atom stereocenters. The number of hydrogen-bond acceptors (Lipinski definition) is 20. The van der Waals surface area contributed by atoms with Crippen molar-refractivity contribution >= 4 is 17.9 Å². The molecule has 2 bridgehead atoms. The molecule has 20 nitrogen and oxygen atoms in total.